The zero-order chi connectivity index (χ0) is 26.1. The molecule has 1 fully saturated rings. The number of benzene rings is 1. The highest BCUT2D eigenvalue weighted by molar-refractivity contribution is 5.89. The quantitative estimate of drug-likeness (QED) is 0.338. The first-order valence-electron chi connectivity index (χ1n) is 11.7. The van der Waals surface area contributed by atoms with Crippen LogP contribution < -0.4 is 5.32 Å². The van der Waals surface area contributed by atoms with Crippen molar-refractivity contribution in [1.82, 2.24) is 9.80 Å². The van der Waals surface area contributed by atoms with Crippen molar-refractivity contribution in [2.45, 2.75) is 39.8 Å². The molecule has 1 heterocycles. The number of hydrogen-bond acceptors (Lipinski definition) is 2. The van der Waals surface area contributed by atoms with E-state index in [9.17, 15) is 22.8 Å². The normalized spacial score (nSPS) is 16.5. The second-order valence-electron chi connectivity index (χ2n) is 8.89. The van der Waals surface area contributed by atoms with Gasteiger partial charge >= 0.3 is 12.2 Å². The molecule has 1 aliphatic heterocycles. The Bertz CT molecular complexity index is 970. The predicted molar refractivity (Wildman–Crippen MR) is 134 cm³/mol. The van der Waals surface area contributed by atoms with Crippen molar-refractivity contribution in [3.63, 3.8) is 0 Å². The zero-order valence-electron chi connectivity index (χ0n) is 20.6. The number of allylic oxidation sites excluding steroid dienone is 6. The molecule has 1 aromatic carbocycles. The maximum atomic E-state index is 12.8. The van der Waals surface area contributed by atoms with Crippen molar-refractivity contribution in [2.24, 2.45) is 5.41 Å². The molecule has 0 aliphatic carbocycles. The molecule has 1 saturated heterocycles. The SMILES string of the molecule is C=CC(/C=C/C(=O)N1CCC(C)(CN(CC)C(=O)Nc2ccc(C(F)(F)F)cc2)CC1)=C\C=C/C. The van der Waals surface area contributed by atoms with Crippen molar-refractivity contribution in [3.8, 4) is 0 Å². The second-order valence-corrected chi connectivity index (χ2v) is 8.89. The van der Waals surface area contributed by atoms with Gasteiger partial charge < -0.3 is 15.1 Å². The van der Waals surface area contributed by atoms with Crippen molar-refractivity contribution in [1.29, 1.82) is 0 Å². The molecule has 0 unspecified atom stereocenters. The molecule has 190 valence electrons. The Hall–Kier alpha value is -3.29. The van der Waals surface area contributed by atoms with E-state index in [-0.39, 0.29) is 17.4 Å². The topological polar surface area (TPSA) is 52.7 Å². The van der Waals surface area contributed by atoms with Gasteiger partial charge in [0.05, 0.1) is 5.56 Å². The van der Waals surface area contributed by atoms with Crippen molar-refractivity contribution in [3.05, 3.63) is 78.4 Å². The highest BCUT2D eigenvalue weighted by atomic mass is 19.4. The molecule has 0 bridgehead atoms. The standard InChI is InChI=1S/C27H34F3N3O2/c1-5-8-9-21(6-2)10-15-24(34)33-18-16-26(4,17-19-33)20-32(7-3)25(35)31-23-13-11-22(12-14-23)27(28,29)30/h5-6,8-15H,2,7,16-20H2,1,3-4H3,(H,31,35)/b8-5-,15-10+,21-9+. The molecule has 0 saturated carbocycles. The smallest absolute Gasteiger partial charge is 0.339 e. The van der Waals surface area contributed by atoms with Gasteiger partial charge in [0, 0.05) is 37.9 Å². The van der Waals surface area contributed by atoms with Gasteiger partial charge in [0.25, 0.3) is 0 Å². The number of rotatable bonds is 8. The number of hydrogen-bond donors (Lipinski definition) is 1. The van der Waals surface area contributed by atoms with Gasteiger partial charge in [-0.05, 0) is 68.0 Å². The predicted octanol–water partition coefficient (Wildman–Crippen LogP) is 6.43. The number of likely N-dealkylation sites (tertiary alicyclic amines) is 1. The maximum absolute atomic E-state index is 12.8. The summed E-state index contributed by atoms with van der Waals surface area (Å²) in [5.41, 5.74) is 0.213. The summed E-state index contributed by atoms with van der Waals surface area (Å²) in [7, 11) is 0. The molecule has 1 aliphatic rings. The molecule has 0 aromatic heterocycles. The van der Waals surface area contributed by atoms with Crippen LogP contribution in [0.3, 0.4) is 0 Å². The number of carbonyl (C=O) groups excluding carboxylic acids is 2. The summed E-state index contributed by atoms with van der Waals surface area (Å²) in [6, 6.07) is 4.03. The molecule has 35 heavy (non-hydrogen) atoms. The van der Waals surface area contributed by atoms with Gasteiger partial charge in [-0.25, -0.2) is 4.79 Å². The third-order valence-corrected chi connectivity index (χ3v) is 6.12. The van der Waals surface area contributed by atoms with E-state index in [1.165, 1.54) is 12.1 Å². The average molecular weight is 490 g/mol. The molecule has 1 N–H and O–H groups in total. The first kappa shape index (κ1) is 28.0. The van der Waals surface area contributed by atoms with E-state index in [2.05, 4.69) is 18.8 Å². The van der Waals surface area contributed by atoms with Crippen LogP contribution in [0.5, 0.6) is 0 Å². The lowest BCUT2D eigenvalue weighted by atomic mass is 9.80. The van der Waals surface area contributed by atoms with E-state index in [4.69, 9.17) is 0 Å². The third-order valence-electron chi connectivity index (χ3n) is 6.12. The molecule has 1 aromatic rings. The molecular weight excluding hydrogens is 455 g/mol. The molecular formula is C27H34F3N3O2. The molecule has 5 nitrogen and oxygen atoms in total. The van der Waals surface area contributed by atoms with E-state index < -0.39 is 11.7 Å². The number of carbonyl (C=O) groups is 2. The Morgan fingerprint density at radius 2 is 1.80 bits per heavy atom. The average Bonchev–Trinajstić information content (AvgIpc) is 2.82. The Labute approximate surface area is 205 Å². The van der Waals surface area contributed by atoms with Crippen LogP contribution in [-0.4, -0.2) is 47.9 Å². The molecule has 3 amide bonds. The van der Waals surface area contributed by atoms with Gasteiger partial charge in [-0.3, -0.25) is 4.79 Å². The van der Waals surface area contributed by atoms with Gasteiger partial charge in [-0.1, -0.05) is 37.8 Å². The number of anilines is 1. The first-order valence-corrected chi connectivity index (χ1v) is 11.7. The van der Waals surface area contributed by atoms with E-state index in [1.54, 1.807) is 28.0 Å². The Balaban J connectivity index is 1.93. The van der Waals surface area contributed by atoms with Crippen molar-refractivity contribution < 1.29 is 22.8 Å². The number of halogens is 3. The fraction of sp³-hybridized carbons (Fsp3) is 0.407. The zero-order valence-corrected chi connectivity index (χ0v) is 20.6. The van der Waals surface area contributed by atoms with E-state index in [0.717, 1.165) is 30.5 Å². The molecule has 0 atom stereocenters. The largest absolute Gasteiger partial charge is 0.416 e. The van der Waals surface area contributed by atoms with Crippen LogP contribution in [0.1, 0.15) is 39.2 Å². The van der Waals surface area contributed by atoms with Crippen molar-refractivity contribution >= 4 is 17.6 Å². The minimum absolute atomic E-state index is 0.0623. The number of urea groups is 1. The number of piperidine rings is 1. The van der Waals surface area contributed by atoms with Gasteiger partial charge in [0.1, 0.15) is 0 Å². The number of nitrogens with zero attached hydrogens (tertiary/aromatic N) is 2. The van der Waals surface area contributed by atoms with Crippen molar-refractivity contribution in [2.75, 3.05) is 31.5 Å². The highest BCUT2D eigenvalue weighted by Gasteiger charge is 2.34. The highest BCUT2D eigenvalue weighted by Crippen LogP contribution is 2.33. The van der Waals surface area contributed by atoms with E-state index in [1.807, 2.05) is 32.1 Å². The Morgan fingerprint density at radius 3 is 2.31 bits per heavy atom. The van der Waals surface area contributed by atoms with Crippen LogP contribution in [0.25, 0.3) is 0 Å². The Kier molecular flexibility index (Phi) is 9.92. The summed E-state index contributed by atoms with van der Waals surface area (Å²) in [5, 5.41) is 2.68. The van der Waals surface area contributed by atoms with Crippen LogP contribution in [0.4, 0.5) is 23.7 Å². The number of nitrogens with one attached hydrogen (secondary N) is 1. The second kappa shape index (κ2) is 12.4. The van der Waals surface area contributed by atoms with E-state index >= 15 is 0 Å². The maximum Gasteiger partial charge on any atom is 0.416 e. The Morgan fingerprint density at radius 1 is 1.17 bits per heavy atom. The fourth-order valence-corrected chi connectivity index (χ4v) is 3.83. The van der Waals surface area contributed by atoms with Gasteiger partial charge in [-0.2, -0.15) is 13.2 Å². The lowest BCUT2D eigenvalue weighted by Crippen LogP contribution is -2.48. The first-order chi connectivity index (χ1) is 16.5. The lowest BCUT2D eigenvalue weighted by Gasteiger charge is -2.41. The van der Waals surface area contributed by atoms with Crippen LogP contribution in [0, 0.1) is 5.41 Å². The summed E-state index contributed by atoms with van der Waals surface area (Å²) in [6.07, 6.45) is 7.68. The summed E-state index contributed by atoms with van der Waals surface area (Å²) < 4.78 is 38.3. The number of alkyl halides is 3. The summed E-state index contributed by atoms with van der Waals surface area (Å²) in [6.45, 7) is 11.7. The minimum Gasteiger partial charge on any atom is -0.339 e. The van der Waals surface area contributed by atoms with Crippen LogP contribution in [0.15, 0.2) is 72.9 Å². The molecule has 2 rings (SSSR count). The van der Waals surface area contributed by atoms with Crippen LogP contribution in [0.2, 0.25) is 0 Å². The minimum atomic E-state index is -4.42. The summed E-state index contributed by atoms with van der Waals surface area (Å²) >= 11 is 0. The van der Waals surface area contributed by atoms with Crippen LogP contribution >= 0.6 is 0 Å². The molecule has 8 heteroatoms. The lowest BCUT2D eigenvalue weighted by molar-refractivity contribution is -0.137. The number of amides is 3. The molecule has 0 spiro atoms. The van der Waals surface area contributed by atoms with Gasteiger partial charge in [0.2, 0.25) is 5.91 Å². The molecule has 0 radical (unpaired) electrons. The third kappa shape index (κ3) is 8.46. The van der Waals surface area contributed by atoms with Crippen LogP contribution in [-0.2, 0) is 11.0 Å². The van der Waals surface area contributed by atoms with E-state index in [0.29, 0.717) is 31.9 Å². The summed E-state index contributed by atoms with van der Waals surface area (Å²) in [5.74, 6) is -0.0623. The van der Waals surface area contributed by atoms with Gasteiger partial charge in [-0.15, -0.1) is 0 Å². The monoisotopic (exact) mass is 489 g/mol. The fourth-order valence-electron chi connectivity index (χ4n) is 3.83. The van der Waals surface area contributed by atoms with Gasteiger partial charge in [0.15, 0.2) is 0 Å². The summed E-state index contributed by atoms with van der Waals surface area (Å²) in [4.78, 5) is 28.8.